The van der Waals surface area contributed by atoms with E-state index in [2.05, 4.69) is 5.32 Å². The molecule has 2 rings (SSSR count). The number of ether oxygens (including phenoxy) is 1. The molecule has 0 fully saturated rings. The number of nitrogens with one attached hydrogen (secondary N) is 1. The van der Waals surface area contributed by atoms with E-state index in [1.165, 1.54) is 6.07 Å². The second-order valence-corrected chi connectivity index (χ2v) is 4.33. The molecule has 0 amide bonds. The van der Waals surface area contributed by atoms with Gasteiger partial charge < -0.3 is 10.1 Å². The summed E-state index contributed by atoms with van der Waals surface area (Å²) in [6.07, 6.45) is 0.781. The molecule has 0 saturated heterocycles. The van der Waals surface area contributed by atoms with Gasteiger partial charge in [0, 0.05) is 6.54 Å². The molecule has 0 radical (unpaired) electrons. The van der Waals surface area contributed by atoms with Gasteiger partial charge in [-0.25, -0.2) is 4.39 Å². The van der Waals surface area contributed by atoms with Gasteiger partial charge in [-0.2, -0.15) is 5.26 Å². The molecule has 0 aliphatic heterocycles. The Morgan fingerprint density at radius 1 is 1.20 bits per heavy atom. The fourth-order valence-electron chi connectivity index (χ4n) is 1.86. The molecule has 0 aliphatic rings. The zero-order valence-electron chi connectivity index (χ0n) is 11.2. The molecule has 3 nitrogen and oxygen atoms in total. The normalized spacial score (nSPS) is 9.85. The number of rotatable bonds is 5. The van der Waals surface area contributed by atoms with Crippen molar-refractivity contribution in [1.82, 2.24) is 0 Å². The van der Waals surface area contributed by atoms with E-state index in [1.807, 2.05) is 30.3 Å². The summed E-state index contributed by atoms with van der Waals surface area (Å²) < 4.78 is 18.7. The lowest BCUT2D eigenvalue weighted by Gasteiger charge is -2.08. The van der Waals surface area contributed by atoms with E-state index < -0.39 is 5.82 Å². The van der Waals surface area contributed by atoms with E-state index >= 15 is 0 Å². The van der Waals surface area contributed by atoms with Gasteiger partial charge in [-0.05, 0) is 42.3 Å². The Balaban J connectivity index is 1.91. The van der Waals surface area contributed by atoms with Crippen LogP contribution < -0.4 is 10.1 Å². The van der Waals surface area contributed by atoms with E-state index in [9.17, 15) is 4.39 Å². The first-order valence-corrected chi connectivity index (χ1v) is 6.29. The van der Waals surface area contributed by atoms with Crippen LogP contribution in [-0.2, 0) is 6.42 Å². The van der Waals surface area contributed by atoms with Crippen LogP contribution in [0.3, 0.4) is 0 Å². The summed E-state index contributed by atoms with van der Waals surface area (Å²) in [7, 11) is 1.63. The summed E-state index contributed by atoms with van der Waals surface area (Å²) in [5.41, 5.74) is 1.88. The van der Waals surface area contributed by atoms with Crippen LogP contribution in [0.15, 0.2) is 42.5 Å². The van der Waals surface area contributed by atoms with Crippen molar-refractivity contribution in [2.45, 2.75) is 6.42 Å². The predicted octanol–water partition coefficient (Wildman–Crippen LogP) is 3.36. The quantitative estimate of drug-likeness (QED) is 0.906. The summed E-state index contributed by atoms with van der Waals surface area (Å²) >= 11 is 0. The van der Waals surface area contributed by atoms with E-state index in [4.69, 9.17) is 10.00 Å². The lowest BCUT2D eigenvalue weighted by molar-refractivity contribution is 0.414. The third-order valence-electron chi connectivity index (χ3n) is 2.99. The fraction of sp³-hybridized carbons (Fsp3) is 0.188. The second-order valence-electron chi connectivity index (χ2n) is 4.33. The van der Waals surface area contributed by atoms with Gasteiger partial charge in [-0.3, -0.25) is 0 Å². The number of hydrogen-bond donors (Lipinski definition) is 1. The average molecular weight is 270 g/mol. The first-order valence-electron chi connectivity index (χ1n) is 6.29. The molecule has 0 heterocycles. The topological polar surface area (TPSA) is 45.0 Å². The Labute approximate surface area is 117 Å². The number of benzene rings is 2. The van der Waals surface area contributed by atoms with Crippen LogP contribution in [0.1, 0.15) is 11.1 Å². The smallest absolute Gasteiger partial charge is 0.147 e. The van der Waals surface area contributed by atoms with Gasteiger partial charge in [-0.1, -0.05) is 12.1 Å². The summed E-state index contributed by atoms with van der Waals surface area (Å²) in [4.78, 5) is 0. The maximum atomic E-state index is 13.6. The fourth-order valence-corrected chi connectivity index (χ4v) is 1.86. The van der Waals surface area contributed by atoms with Gasteiger partial charge in [0.05, 0.1) is 24.4 Å². The van der Waals surface area contributed by atoms with E-state index in [0.717, 1.165) is 17.7 Å². The molecule has 0 aromatic heterocycles. The molecule has 0 spiro atoms. The van der Waals surface area contributed by atoms with E-state index in [-0.39, 0.29) is 0 Å². The zero-order chi connectivity index (χ0) is 14.4. The van der Waals surface area contributed by atoms with Crippen molar-refractivity contribution in [3.63, 3.8) is 0 Å². The zero-order valence-corrected chi connectivity index (χ0v) is 11.2. The van der Waals surface area contributed by atoms with Crippen LogP contribution in [-0.4, -0.2) is 13.7 Å². The number of nitriles is 1. The van der Waals surface area contributed by atoms with Gasteiger partial charge in [0.1, 0.15) is 11.6 Å². The average Bonchev–Trinajstić information content (AvgIpc) is 2.49. The Bertz CT molecular complexity index is 617. The molecule has 0 saturated carbocycles. The van der Waals surface area contributed by atoms with E-state index in [0.29, 0.717) is 17.8 Å². The Hall–Kier alpha value is -2.54. The molecular formula is C16H15FN2O. The molecule has 1 N–H and O–H groups in total. The van der Waals surface area contributed by atoms with Gasteiger partial charge in [0.2, 0.25) is 0 Å². The van der Waals surface area contributed by atoms with Gasteiger partial charge in [0.25, 0.3) is 0 Å². The molecule has 2 aromatic carbocycles. The largest absolute Gasteiger partial charge is 0.497 e. The maximum absolute atomic E-state index is 13.6. The molecule has 0 bridgehead atoms. The SMILES string of the molecule is COc1ccc(CCNc2ccc(C#N)cc2F)cc1. The minimum Gasteiger partial charge on any atom is -0.497 e. The number of methoxy groups -OCH3 is 1. The van der Waals surface area contributed by atoms with Crippen LogP contribution in [0.25, 0.3) is 0 Å². The van der Waals surface area contributed by atoms with Crippen molar-refractivity contribution < 1.29 is 9.13 Å². The number of nitrogens with zero attached hydrogens (tertiary/aromatic N) is 1. The molecule has 102 valence electrons. The van der Waals surface area contributed by atoms with Crippen molar-refractivity contribution >= 4 is 5.69 Å². The lowest BCUT2D eigenvalue weighted by Crippen LogP contribution is -2.06. The standard InChI is InChI=1S/C16H15FN2O/c1-20-14-5-2-12(3-6-14)8-9-19-16-7-4-13(11-18)10-15(16)17/h2-7,10,19H,8-9H2,1H3. The van der Waals surface area contributed by atoms with Gasteiger partial charge in [-0.15, -0.1) is 0 Å². The van der Waals surface area contributed by atoms with Crippen LogP contribution in [0.4, 0.5) is 10.1 Å². The van der Waals surface area contributed by atoms with Crippen LogP contribution in [0.5, 0.6) is 5.75 Å². The molecule has 0 unspecified atom stereocenters. The van der Waals surface area contributed by atoms with Gasteiger partial charge in [0.15, 0.2) is 0 Å². The molecule has 2 aromatic rings. The molecule has 20 heavy (non-hydrogen) atoms. The summed E-state index contributed by atoms with van der Waals surface area (Å²) in [5.74, 6) is 0.415. The van der Waals surface area contributed by atoms with Crippen molar-refractivity contribution in [2.24, 2.45) is 0 Å². The third kappa shape index (κ3) is 3.48. The third-order valence-corrected chi connectivity index (χ3v) is 2.99. The summed E-state index contributed by atoms with van der Waals surface area (Å²) in [5, 5.41) is 11.7. The van der Waals surface area contributed by atoms with Gasteiger partial charge >= 0.3 is 0 Å². The summed E-state index contributed by atoms with van der Waals surface area (Å²) in [6, 6.07) is 14.1. The Kier molecular flexibility index (Phi) is 4.56. The first kappa shape index (κ1) is 13.9. The Morgan fingerprint density at radius 2 is 1.95 bits per heavy atom. The van der Waals surface area contributed by atoms with E-state index in [1.54, 1.807) is 19.2 Å². The van der Waals surface area contributed by atoms with Crippen molar-refractivity contribution in [3.05, 3.63) is 59.4 Å². The Morgan fingerprint density at radius 3 is 2.55 bits per heavy atom. The molecule has 0 aliphatic carbocycles. The molecular weight excluding hydrogens is 255 g/mol. The minimum atomic E-state index is -0.404. The summed E-state index contributed by atoms with van der Waals surface area (Å²) in [6.45, 7) is 0.620. The highest BCUT2D eigenvalue weighted by Crippen LogP contribution is 2.16. The number of halogens is 1. The van der Waals surface area contributed by atoms with Crippen LogP contribution >= 0.6 is 0 Å². The highest BCUT2D eigenvalue weighted by molar-refractivity contribution is 5.48. The van der Waals surface area contributed by atoms with Crippen LogP contribution in [0, 0.1) is 17.1 Å². The predicted molar refractivity (Wildman–Crippen MR) is 76.3 cm³/mol. The highest BCUT2D eigenvalue weighted by atomic mass is 19.1. The lowest BCUT2D eigenvalue weighted by atomic mass is 10.1. The van der Waals surface area contributed by atoms with Crippen molar-refractivity contribution in [1.29, 1.82) is 5.26 Å². The second kappa shape index (κ2) is 6.58. The molecule has 4 heteroatoms. The number of anilines is 1. The first-order chi connectivity index (χ1) is 9.72. The van der Waals surface area contributed by atoms with Crippen molar-refractivity contribution in [2.75, 3.05) is 19.0 Å². The van der Waals surface area contributed by atoms with Crippen molar-refractivity contribution in [3.8, 4) is 11.8 Å². The monoisotopic (exact) mass is 270 g/mol. The van der Waals surface area contributed by atoms with Crippen LogP contribution in [0.2, 0.25) is 0 Å². The number of hydrogen-bond acceptors (Lipinski definition) is 3. The minimum absolute atomic E-state index is 0.322. The maximum Gasteiger partial charge on any atom is 0.147 e. The highest BCUT2D eigenvalue weighted by Gasteiger charge is 2.03. The molecule has 0 atom stereocenters.